The molecule has 4 heteroatoms. The molecule has 0 aromatic carbocycles. The van der Waals surface area contributed by atoms with Gasteiger partial charge in [0, 0.05) is 17.6 Å². The molecule has 0 aromatic heterocycles. The monoisotopic (exact) mass is 216 g/mol. The van der Waals surface area contributed by atoms with Crippen molar-refractivity contribution in [2.45, 2.75) is 19.8 Å². The highest BCUT2D eigenvalue weighted by atomic mass is 32.2. The van der Waals surface area contributed by atoms with Crippen LogP contribution in [0.1, 0.15) is 19.8 Å². The van der Waals surface area contributed by atoms with Gasteiger partial charge in [-0.25, -0.2) is 0 Å². The molecule has 2 atom stereocenters. The molecular formula is C10H16O3S. The van der Waals surface area contributed by atoms with Crippen LogP contribution in [0, 0.1) is 11.8 Å². The van der Waals surface area contributed by atoms with E-state index in [-0.39, 0.29) is 30.0 Å². The lowest BCUT2D eigenvalue weighted by Gasteiger charge is -2.13. The van der Waals surface area contributed by atoms with Crippen LogP contribution in [0.5, 0.6) is 0 Å². The molecule has 14 heavy (non-hydrogen) atoms. The van der Waals surface area contributed by atoms with E-state index in [1.807, 2.05) is 18.7 Å². The molecule has 2 unspecified atom stereocenters. The molecule has 0 saturated carbocycles. The summed E-state index contributed by atoms with van der Waals surface area (Å²) in [5.74, 6) is 1.90. The highest BCUT2D eigenvalue weighted by Gasteiger charge is 2.28. The summed E-state index contributed by atoms with van der Waals surface area (Å²) in [7, 11) is 1.35. The summed E-state index contributed by atoms with van der Waals surface area (Å²) in [4.78, 5) is 22.7. The Morgan fingerprint density at radius 1 is 1.57 bits per heavy atom. The number of ether oxygens (including phenoxy) is 1. The summed E-state index contributed by atoms with van der Waals surface area (Å²) in [6.45, 7) is 1.81. The molecule has 1 aliphatic rings. The molecule has 0 radical (unpaired) electrons. The molecule has 1 aliphatic heterocycles. The summed E-state index contributed by atoms with van der Waals surface area (Å²) in [5.41, 5.74) is 0. The van der Waals surface area contributed by atoms with Gasteiger partial charge in [0.05, 0.1) is 13.5 Å². The van der Waals surface area contributed by atoms with Gasteiger partial charge in [0.1, 0.15) is 5.78 Å². The third-order valence-corrected chi connectivity index (χ3v) is 3.68. The van der Waals surface area contributed by atoms with Gasteiger partial charge in [-0.1, -0.05) is 6.92 Å². The second-order valence-electron chi connectivity index (χ2n) is 3.64. The largest absolute Gasteiger partial charge is 0.469 e. The van der Waals surface area contributed by atoms with Crippen LogP contribution in [0.4, 0.5) is 0 Å². The summed E-state index contributed by atoms with van der Waals surface area (Å²) in [6.07, 6.45) is 1.19. The third-order valence-electron chi connectivity index (χ3n) is 2.52. The highest BCUT2D eigenvalue weighted by molar-refractivity contribution is 7.99. The van der Waals surface area contributed by atoms with Crippen LogP contribution in [0.15, 0.2) is 0 Å². The average molecular weight is 216 g/mol. The van der Waals surface area contributed by atoms with Gasteiger partial charge in [-0.2, -0.15) is 11.8 Å². The fourth-order valence-electron chi connectivity index (χ4n) is 1.60. The van der Waals surface area contributed by atoms with E-state index in [1.165, 1.54) is 7.11 Å². The third kappa shape index (κ3) is 3.01. The van der Waals surface area contributed by atoms with Gasteiger partial charge in [-0.3, -0.25) is 9.59 Å². The van der Waals surface area contributed by atoms with Crippen molar-refractivity contribution in [2.24, 2.45) is 11.8 Å². The van der Waals surface area contributed by atoms with Gasteiger partial charge in [-0.15, -0.1) is 0 Å². The molecule has 0 aromatic rings. The molecule has 1 saturated heterocycles. The summed E-state index contributed by atoms with van der Waals surface area (Å²) >= 11 is 1.82. The zero-order chi connectivity index (χ0) is 10.6. The molecule has 3 nitrogen and oxygen atoms in total. The maximum atomic E-state index is 11.8. The number of hydrogen-bond acceptors (Lipinski definition) is 4. The Kier molecular flexibility index (Phi) is 4.45. The van der Waals surface area contributed by atoms with E-state index in [0.717, 1.165) is 17.9 Å². The smallest absolute Gasteiger partial charge is 0.306 e. The topological polar surface area (TPSA) is 43.4 Å². The number of hydrogen-bond donors (Lipinski definition) is 0. The van der Waals surface area contributed by atoms with Crippen molar-refractivity contribution in [3.63, 3.8) is 0 Å². The molecule has 0 aliphatic carbocycles. The van der Waals surface area contributed by atoms with E-state index in [4.69, 9.17) is 0 Å². The number of carbonyl (C=O) groups excluding carboxylic acids is 2. The van der Waals surface area contributed by atoms with Crippen LogP contribution in [0.2, 0.25) is 0 Å². The van der Waals surface area contributed by atoms with Crippen LogP contribution in [0.3, 0.4) is 0 Å². The number of methoxy groups -OCH3 is 1. The average Bonchev–Trinajstić information content (AvgIpc) is 2.69. The second-order valence-corrected chi connectivity index (χ2v) is 4.79. The molecule has 0 amide bonds. The molecule has 1 heterocycles. The van der Waals surface area contributed by atoms with Crippen LogP contribution < -0.4 is 0 Å². The normalized spacial score (nSPS) is 23.1. The molecule has 0 N–H and O–H groups in total. The van der Waals surface area contributed by atoms with E-state index in [0.29, 0.717) is 0 Å². The lowest BCUT2D eigenvalue weighted by Crippen LogP contribution is -2.24. The molecule has 0 bridgehead atoms. The van der Waals surface area contributed by atoms with E-state index < -0.39 is 0 Å². The minimum absolute atomic E-state index is 0.166. The highest BCUT2D eigenvalue weighted by Crippen LogP contribution is 2.27. The lowest BCUT2D eigenvalue weighted by molar-refractivity contribution is -0.144. The lowest BCUT2D eigenvalue weighted by atomic mass is 9.91. The predicted octanol–water partition coefficient (Wildman–Crippen LogP) is 1.51. The standard InChI is InChI=1S/C10H16O3S/c1-7(5-9(11)13-2)10(12)8-3-4-14-6-8/h7-8H,3-6H2,1-2H3. The Morgan fingerprint density at radius 2 is 2.29 bits per heavy atom. The Bertz CT molecular complexity index is 221. The van der Waals surface area contributed by atoms with E-state index in [1.54, 1.807) is 0 Å². The molecule has 1 rings (SSSR count). The number of carbonyl (C=O) groups is 2. The fraction of sp³-hybridized carbons (Fsp3) is 0.800. The number of thioether (sulfide) groups is 1. The minimum Gasteiger partial charge on any atom is -0.469 e. The summed E-state index contributed by atoms with van der Waals surface area (Å²) in [5, 5.41) is 0. The van der Waals surface area contributed by atoms with Gasteiger partial charge in [0.15, 0.2) is 0 Å². The van der Waals surface area contributed by atoms with Crippen LogP contribution in [-0.4, -0.2) is 30.4 Å². The SMILES string of the molecule is COC(=O)CC(C)C(=O)C1CCSC1. The minimum atomic E-state index is -0.295. The Labute approximate surface area is 88.6 Å². The quantitative estimate of drug-likeness (QED) is 0.668. The van der Waals surface area contributed by atoms with Gasteiger partial charge in [0.25, 0.3) is 0 Å². The van der Waals surface area contributed by atoms with Crippen molar-refractivity contribution in [3.05, 3.63) is 0 Å². The Balaban J connectivity index is 2.39. The summed E-state index contributed by atoms with van der Waals surface area (Å²) in [6, 6.07) is 0. The van der Waals surface area contributed by atoms with E-state index >= 15 is 0 Å². The first-order valence-corrected chi connectivity index (χ1v) is 5.99. The first-order valence-electron chi connectivity index (χ1n) is 4.83. The van der Waals surface area contributed by atoms with Crippen molar-refractivity contribution in [1.29, 1.82) is 0 Å². The Hall–Kier alpha value is -0.510. The van der Waals surface area contributed by atoms with Crippen molar-refractivity contribution >= 4 is 23.5 Å². The van der Waals surface area contributed by atoms with Crippen LogP contribution in [0.25, 0.3) is 0 Å². The number of rotatable bonds is 4. The summed E-state index contributed by atoms with van der Waals surface area (Å²) < 4.78 is 4.54. The fourth-order valence-corrected chi connectivity index (χ4v) is 2.83. The number of Topliss-reactive ketones (excluding diaryl/α,β-unsaturated/α-hetero) is 1. The van der Waals surface area contributed by atoms with Crippen molar-refractivity contribution < 1.29 is 14.3 Å². The Morgan fingerprint density at radius 3 is 2.79 bits per heavy atom. The zero-order valence-corrected chi connectivity index (χ0v) is 9.43. The van der Waals surface area contributed by atoms with Crippen LogP contribution >= 0.6 is 11.8 Å². The predicted molar refractivity (Wildman–Crippen MR) is 56.2 cm³/mol. The van der Waals surface area contributed by atoms with Gasteiger partial charge in [0.2, 0.25) is 0 Å². The maximum absolute atomic E-state index is 11.8. The first kappa shape index (κ1) is 11.6. The van der Waals surface area contributed by atoms with Crippen molar-refractivity contribution in [3.8, 4) is 0 Å². The second kappa shape index (κ2) is 5.39. The number of esters is 1. The molecule has 0 spiro atoms. The van der Waals surface area contributed by atoms with Crippen LogP contribution in [-0.2, 0) is 14.3 Å². The van der Waals surface area contributed by atoms with Gasteiger partial charge < -0.3 is 4.74 Å². The van der Waals surface area contributed by atoms with E-state index in [9.17, 15) is 9.59 Å². The van der Waals surface area contributed by atoms with E-state index in [2.05, 4.69) is 4.74 Å². The molecular weight excluding hydrogens is 200 g/mol. The maximum Gasteiger partial charge on any atom is 0.306 e. The molecule has 1 fully saturated rings. The van der Waals surface area contributed by atoms with Crippen molar-refractivity contribution in [2.75, 3.05) is 18.6 Å². The van der Waals surface area contributed by atoms with Gasteiger partial charge in [-0.05, 0) is 12.2 Å². The first-order chi connectivity index (χ1) is 6.65. The molecule has 80 valence electrons. The zero-order valence-electron chi connectivity index (χ0n) is 8.62. The van der Waals surface area contributed by atoms with Gasteiger partial charge >= 0.3 is 5.97 Å². The van der Waals surface area contributed by atoms with Crippen molar-refractivity contribution in [1.82, 2.24) is 0 Å². The number of ketones is 1.